The van der Waals surface area contributed by atoms with Crippen LogP contribution in [0.1, 0.15) is 15.9 Å². The monoisotopic (exact) mass is 343 g/mol. The number of aryl methyl sites for hydroxylation is 1. The van der Waals surface area contributed by atoms with Crippen molar-refractivity contribution in [1.82, 2.24) is 3.97 Å². The predicted octanol–water partition coefficient (Wildman–Crippen LogP) is 3.65. The Hall–Kier alpha value is -2.73. The number of hydrogen-bond donors (Lipinski definition) is 0. The van der Waals surface area contributed by atoms with Gasteiger partial charge in [0.2, 0.25) is 0 Å². The van der Waals surface area contributed by atoms with Crippen molar-refractivity contribution in [3.05, 3.63) is 77.7 Å². The highest BCUT2D eigenvalue weighted by Crippen LogP contribution is 2.28. The second-order valence-corrected chi connectivity index (χ2v) is 7.14. The standard InChI is InChI=1S/C18H14FNO3S/c1-13-9-16(19)7-8-18(13)24(22,23)20-11-14(12-21)10-17(20)15-5-3-2-4-6-15/h2-12H,1H3. The molecule has 1 heterocycles. The fraction of sp³-hybridized carbons (Fsp3) is 0.0556. The molecule has 0 N–H and O–H groups in total. The zero-order valence-corrected chi connectivity index (χ0v) is 13.6. The lowest BCUT2D eigenvalue weighted by molar-refractivity contribution is 0.112. The van der Waals surface area contributed by atoms with E-state index in [0.29, 0.717) is 23.1 Å². The van der Waals surface area contributed by atoms with E-state index in [2.05, 4.69) is 0 Å². The fourth-order valence-corrected chi connectivity index (χ4v) is 4.15. The third-order valence-corrected chi connectivity index (χ3v) is 5.52. The molecule has 0 aliphatic rings. The van der Waals surface area contributed by atoms with Gasteiger partial charge in [-0.3, -0.25) is 4.79 Å². The summed E-state index contributed by atoms with van der Waals surface area (Å²) in [6, 6.07) is 13.9. The van der Waals surface area contributed by atoms with Gasteiger partial charge < -0.3 is 0 Å². The number of aromatic nitrogens is 1. The summed E-state index contributed by atoms with van der Waals surface area (Å²) in [5, 5.41) is 0. The molecular formula is C18H14FNO3S. The third-order valence-electron chi connectivity index (χ3n) is 3.69. The molecule has 3 rings (SSSR count). The summed E-state index contributed by atoms with van der Waals surface area (Å²) in [5.74, 6) is -0.504. The van der Waals surface area contributed by atoms with E-state index >= 15 is 0 Å². The van der Waals surface area contributed by atoms with Gasteiger partial charge in [-0.2, -0.15) is 0 Å². The summed E-state index contributed by atoms with van der Waals surface area (Å²) >= 11 is 0. The number of hydrogen-bond acceptors (Lipinski definition) is 3. The van der Waals surface area contributed by atoms with E-state index in [1.807, 2.05) is 6.07 Å². The van der Waals surface area contributed by atoms with Gasteiger partial charge >= 0.3 is 0 Å². The van der Waals surface area contributed by atoms with Crippen molar-refractivity contribution >= 4 is 16.3 Å². The zero-order valence-electron chi connectivity index (χ0n) is 12.8. The molecule has 1 aromatic heterocycles. The predicted molar refractivity (Wildman–Crippen MR) is 89.0 cm³/mol. The van der Waals surface area contributed by atoms with Crippen LogP contribution in [-0.2, 0) is 10.0 Å². The van der Waals surface area contributed by atoms with E-state index in [1.54, 1.807) is 24.3 Å². The molecule has 0 spiro atoms. The maximum Gasteiger partial charge on any atom is 0.268 e. The highest BCUT2D eigenvalue weighted by Gasteiger charge is 2.23. The first-order valence-corrected chi connectivity index (χ1v) is 8.62. The number of rotatable bonds is 4. The number of aldehydes is 1. The van der Waals surface area contributed by atoms with Gasteiger partial charge in [0.05, 0.1) is 10.6 Å². The van der Waals surface area contributed by atoms with Gasteiger partial charge in [0.25, 0.3) is 10.0 Å². The zero-order chi connectivity index (χ0) is 17.3. The van der Waals surface area contributed by atoms with Crippen LogP contribution in [-0.4, -0.2) is 18.7 Å². The number of halogens is 1. The molecule has 0 aliphatic heterocycles. The van der Waals surface area contributed by atoms with E-state index in [1.165, 1.54) is 31.3 Å². The molecule has 0 bridgehead atoms. The molecule has 3 aromatic rings. The Bertz CT molecular complexity index is 1010. The van der Waals surface area contributed by atoms with Crippen LogP contribution in [0.5, 0.6) is 0 Å². The van der Waals surface area contributed by atoms with Crippen molar-refractivity contribution in [2.24, 2.45) is 0 Å². The van der Waals surface area contributed by atoms with Crippen molar-refractivity contribution in [3.63, 3.8) is 0 Å². The van der Waals surface area contributed by atoms with Gasteiger partial charge in [-0.1, -0.05) is 30.3 Å². The van der Waals surface area contributed by atoms with Gasteiger partial charge in [-0.25, -0.2) is 16.8 Å². The summed E-state index contributed by atoms with van der Waals surface area (Å²) in [4.78, 5) is 11.1. The van der Waals surface area contributed by atoms with Crippen LogP contribution in [0.4, 0.5) is 4.39 Å². The first kappa shape index (κ1) is 16.1. The van der Waals surface area contributed by atoms with Crippen LogP contribution in [0.2, 0.25) is 0 Å². The van der Waals surface area contributed by atoms with Gasteiger partial charge in [0.1, 0.15) is 5.82 Å². The Morgan fingerprint density at radius 3 is 2.38 bits per heavy atom. The first-order chi connectivity index (χ1) is 11.4. The molecule has 0 atom stereocenters. The van der Waals surface area contributed by atoms with E-state index in [9.17, 15) is 17.6 Å². The average molecular weight is 343 g/mol. The Labute approximate surface area is 139 Å². The minimum atomic E-state index is -3.96. The molecule has 0 amide bonds. The van der Waals surface area contributed by atoms with Gasteiger partial charge in [0.15, 0.2) is 6.29 Å². The van der Waals surface area contributed by atoms with Crippen molar-refractivity contribution in [2.75, 3.05) is 0 Å². The number of carbonyl (C=O) groups is 1. The number of nitrogens with zero attached hydrogens (tertiary/aromatic N) is 1. The molecule has 2 aromatic carbocycles. The SMILES string of the molecule is Cc1cc(F)ccc1S(=O)(=O)n1cc(C=O)cc1-c1ccccc1. The Balaban J connectivity index is 2.25. The number of benzene rings is 2. The summed E-state index contributed by atoms with van der Waals surface area (Å²) in [6.07, 6.45) is 1.86. The molecule has 0 aliphatic carbocycles. The molecule has 4 nitrogen and oxygen atoms in total. The molecule has 0 saturated carbocycles. The molecule has 122 valence electrons. The van der Waals surface area contributed by atoms with E-state index < -0.39 is 15.8 Å². The van der Waals surface area contributed by atoms with Crippen molar-refractivity contribution in [3.8, 4) is 11.3 Å². The summed E-state index contributed by atoms with van der Waals surface area (Å²) in [7, 11) is -3.96. The molecule has 6 heteroatoms. The normalized spacial score (nSPS) is 11.4. The third kappa shape index (κ3) is 2.76. The minimum Gasteiger partial charge on any atom is -0.298 e. The summed E-state index contributed by atoms with van der Waals surface area (Å²) in [5.41, 5.74) is 1.59. The quantitative estimate of drug-likeness (QED) is 0.680. The van der Waals surface area contributed by atoms with Crippen molar-refractivity contribution in [2.45, 2.75) is 11.8 Å². The van der Waals surface area contributed by atoms with E-state index in [4.69, 9.17) is 0 Å². The molecule has 0 fully saturated rings. The minimum absolute atomic E-state index is 0.00544. The summed E-state index contributed by atoms with van der Waals surface area (Å²) < 4.78 is 40.4. The highest BCUT2D eigenvalue weighted by atomic mass is 32.2. The molecule has 0 saturated heterocycles. The lowest BCUT2D eigenvalue weighted by Crippen LogP contribution is -2.14. The van der Waals surface area contributed by atoms with Crippen LogP contribution in [0.3, 0.4) is 0 Å². The Morgan fingerprint density at radius 1 is 1.04 bits per heavy atom. The van der Waals surface area contributed by atoms with E-state index in [0.717, 1.165) is 10.0 Å². The van der Waals surface area contributed by atoms with Crippen LogP contribution in [0.15, 0.2) is 65.7 Å². The molecular weight excluding hydrogens is 329 g/mol. The smallest absolute Gasteiger partial charge is 0.268 e. The molecule has 0 radical (unpaired) electrons. The maximum atomic E-state index is 13.3. The average Bonchev–Trinajstić information content (AvgIpc) is 3.00. The van der Waals surface area contributed by atoms with Crippen LogP contribution in [0, 0.1) is 12.7 Å². The van der Waals surface area contributed by atoms with E-state index in [-0.39, 0.29) is 10.5 Å². The topological polar surface area (TPSA) is 56.1 Å². The molecule has 24 heavy (non-hydrogen) atoms. The van der Waals surface area contributed by atoms with Gasteiger partial charge in [-0.15, -0.1) is 0 Å². The fourth-order valence-electron chi connectivity index (χ4n) is 2.55. The first-order valence-electron chi connectivity index (χ1n) is 7.18. The van der Waals surface area contributed by atoms with Crippen LogP contribution >= 0.6 is 0 Å². The van der Waals surface area contributed by atoms with Crippen molar-refractivity contribution < 1.29 is 17.6 Å². The Kier molecular flexibility index (Phi) is 4.07. The van der Waals surface area contributed by atoms with Gasteiger partial charge in [0, 0.05) is 11.8 Å². The molecule has 0 unspecified atom stereocenters. The lowest BCUT2D eigenvalue weighted by atomic mass is 10.1. The van der Waals surface area contributed by atoms with Crippen LogP contribution in [0.25, 0.3) is 11.3 Å². The maximum absolute atomic E-state index is 13.3. The number of carbonyl (C=O) groups excluding carboxylic acids is 1. The highest BCUT2D eigenvalue weighted by molar-refractivity contribution is 7.90. The largest absolute Gasteiger partial charge is 0.298 e. The summed E-state index contributed by atoms with van der Waals surface area (Å²) in [6.45, 7) is 1.53. The van der Waals surface area contributed by atoms with Gasteiger partial charge in [-0.05, 0) is 42.3 Å². The second-order valence-electron chi connectivity index (χ2n) is 5.35. The lowest BCUT2D eigenvalue weighted by Gasteiger charge is -2.12. The Morgan fingerprint density at radius 2 is 1.75 bits per heavy atom. The van der Waals surface area contributed by atoms with Crippen molar-refractivity contribution in [1.29, 1.82) is 0 Å². The van der Waals surface area contributed by atoms with Crippen LogP contribution < -0.4 is 0 Å². The second kappa shape index (κ2) is 6.05.